The first-order valence-electron chi connectivity index (χ1n) is 8.53. The number of carboxylic acids is 1. The lowest BCUT2D eigenvalue weighted by atomic mass is 10.2. The maximum absolute atomic E-state index is 12.3. The molecule has 0 bridgehead atoms. The molecule has 0 fully saturated rings. The van der Waals surface area contributed by atoms with Crippen LogP contribution >= 0.6 is 22.9 Å². The molecule has 2 N–H and O–H groups in total. The molecule has 1 heterocycles. The highest BCUT2D eigenvalue weighted by Gasteiger charge is 2.14. The van der Waals surface area contributed by atoms with Gasteiger partial charge in [-0.2, -0.15) is 0 Å². The molecule has 0 radical (unpaired) electrons. The lowest BCUT2D eigenvalue weighted by Crippen LogP contribution is -2.11. The number of nitrogens with zero attached hydrogens (tertiary/aromatic N) is 2. The van der Waals surface area contributed by atoms with Gasteiger partial charge in [0.05, 0.1) is 18.1 Å². The number of hydrogen-bond donors (Lipinski definition) is 2. The summed E-state index contributed by atoms with van der Waals surface area (Å²) in [5, 5.41) is 20.2. The molecular formula is C20H16ClN3O4S. The van der Waals surface area contributed by atoms with E-state index in [9.17, 15) is 9.59 Å². The average molecular weight is 430 g/mol. The average Bonchev–Trinajstić information content (AvgIpc) is 3.20. The van der Waals surface area contributed by atoms with Gasteiger partial charge in [0, 0.05) is 5.69 Å². The SMILES string of the molecule is O=C(O)CCOc1ccc(/C=C(/Cl)c2nnc(C(=O)Nc3ccccc3)s2)cc1. The number of benzene rings is 2. The number of ether oxygens (including phenoxy) is 1. The lowest BCUT2D eigenvalue weighted by Gasteiger charge is -2.04. The zero-order valence-electron chi connectivity index (χ0n) is 15.0. The van der Waals surface area contributed by atoms with Gasteiger partial charge in [0.15, 0.2) is 5.01 Å². The molecule has 0 aliphatic heterocycles. The number of carbonyl (C=O) groups excluding carboxylic acids is 1. The van der Waals surface area contributed by atoms with Gasteiger partial charge in [-0.05, 0) is 35.9 Å². The highest BCUT2D eigenvalue weighted by Crippen LogP contribution is 2.26. The molecule has 0 aliphatic carbocycles. The Bertz CT molecular complexity index is 1020. The third-order valence-electron chi connectivity index (χ3n) is 3.61. The molecule has 1 amide bonds. The predicted molar refractivity (Wildman–Crippen MR) is 112 cm³/mol. The maximum atomic E-state index is 12.3. The maximum Gasteiger partial charge on any atom is 0.306 e. The molecule has 9 heteroatoms. The molecule has 0 saturated heterocycles. The Hall–Kier alpha value is -3.23. The predicted octanol–water partition coefficient (Wildman–Crippen LogP) is 4.38. The molecule has 3 aromatic rings. The number of nitrogens with one attached hydrogen (secondary N) is 1. The number of para-hydroxylation sites is 1. The van der Waals surface area contributed by atoms with Crippen LogP contribution in [0, 0.1) is 0 Å². The van der Waals surface area contributed by atoms with E-state index in [1.165, 1.54) is 0 Å². The molecule has 7 nitrogen and oxygen atoms in total. The summed E-state index contributed by atoms with van der Waals surface area (Å²) in [4.78, 5) is 22.8. The summed E-state index contributed by atoms with van der Waals surface area (Å²) < 4.78 is 5.34. The van der Waals surface area contributed by atoms with Gasteiger partial charge >= 0.3 is 5.97 Å². The van der Waals surface area contributed by atoms with Crippen LogP contribution < -0.4 is 10.1 Å². The molecule has 3 rings (SSSR count). The molecule has 0 saturated carbocycles. The van der Waals surface area contributed by atoms with E-state index in [1.54, 1.807) is 42.5 Å². The Balaban J connectivity index is 1.63. The van der Waals surface area contributed by atoms with Crippen molar-refractivity contribution in [2.75, 3.05) is 11.9 Å². The molecule has 29 heavy (non-hydrogen) atoms. The van der Waals surface area contributed by atoms with Gasteiger partial charge in [-0.1, -0.05) is 53.3 Å². The Morgan fingerprint density at radius 2 is 1.76 bits per heavy atom. The van der Waals surface area contributed by atoms with Crippen molar-refractivity contribution in [3.63, 3.8) is 0 Å². The summed E-state index contributed by atoms with van der Waals surface area (Å²) in [5.41, 5.74) is 1.47. The van der Waals surface area contributed by atoms with Gasteiger partial charge in [0.1, 0.15) is 5.75 Å². The number of carboxylic acid groups (broad SMARTS) is 1. The molecule has 0 unspecified atom stereocenters. The van der Waals surface area contributed by atoms with Crippen molar-refractivity contribution in [2.24, 2.45) is 0 Å². The Labute approximate surface area is 175 Å². The van der Waals surface area contributed by atoms with Crippen LogP contribution in [-0.2, 0) is 4.79 Å². The van der Waals surface area contributed by atoms with Crippen molar-refractivity contribution in [1.82, 2.24) is 10.2 Å². The number of halogens is 1. The monoisotopic (exact) mass is 429 g/mol. The summed E-state index contributed by atoms with van der Waals surface area (Å²) in [5.74, 6) is -0.701. The fraction of sp³-hybridized carbons (Fsp3) is 0.100. The van der Waals surface area contributed by atoms with E-state index in [0.29, 0.717) is 21.5 Å². The van der Waals surface area contributed by atoms with Crippen molar-refractivity contribution in [3.8, 4) is 5.75 Å². The van der Waals surface area contributed by atoms with Crippen molar-refractivity contribution in [3.05, 3.63) is 70.2 Å². The topological polar surface area (TPSA) is 101 Å². The fourth-order valence-corrected chi connectivity index (χ4v) is 3.17. The van der Waals surface area contributed by atoms with E-state index in [1.807, 2.05) is 18.2 Å². The zero-order valence-corrected chi connectivity index (χ0v) is 16.6. The number of anilines is 1. The Morgan fingerprint density at radius 1 is 1.07 bits per heavy atom. The van der Waals surface area contributed by atoms with E-state index in [4.69, 9.17) is 21.4 Å². The first-order valence-corrected chi connectivity index (χ1v) is 9.73. The molecule has 0 spiro atoms. The van der Waals surface area contributed by atoms with Crippen molar-refractivity contribution < 1.29 is 19.4 Å². The summed E-state index contributed by atoms with van der Waals surface area (Å²) in [6.07, 6.45) is 1.63. The van der Waals surface area contributed by atoms with Gasteiger partial charge in [0.2, 0.25) is 5.01 Å². The third kappa shape index (κ3) is 6.13. The smallest absolute Gasteiger partial charge is 0.306 e. The summed E-state index contributed by atoms with van der Waals surface area (Å²) >= 11 is 7.41. The van der Waals surface area contributed by atoms with Crippen LogP contribution in [0.5, 0.6) is 5.75 Å². The first-order chi connectivity index (χ1) is 14.0. The lowest BCUT2D eigenvalue weighted by molar-refractivity contribution is -0.137. The molecule has 0 aliphatic rings. The third-order valence-corrected chi connectivity index (χ3v) is 4.97. The molecule has 1 aromatic heterocycles. The number of rotatable bonds is 8. The van der Waals surface area contributed by atoms with E-state index < -0.39 is 5.97 Å². The van der Waals surface area contributed by atoms with E-state index >= 15 is 0 Å². The van der Waals surface area contributed by atoms with Crippen LogP contribution in [0.3, 0.4) is 0 Å². The fourth-order valence-electron chi connectivity index (χ4n) is 2.24. The van der Waals surface area contributed by atoms with Gasteiger partial charge in [-0.15, -0.1) is 10.2 Å². The minimum Gasteiger partial charge on any atom is -0.493 e. The summed E-state index contributed by atoms with van der Waals surface area (Å²) in [7, 11) is 0. The number of hydrogen-bond acceptors (Lipinski definition) is 6. The highest BCUT2D eigenvalue weighted by molar-refractivity contribution is 7.15. The van der Waals surface area contributed by atoms with Crippen molar-refractivity contribution in [1.29, 1.82) is 0 Å². The normalized spacial score (nSPS) is 11.1. The van der Waals surface area contributed by atoms with Crippen LogP contribution in [0.25, 0.3) is 11.1 Å². The molecule has 0 atom stereocenters. The molecular weight excluding hydrogens is 414 g/mol. The second kappa shape index (κ2) is 9.81. The standard InChI is InChI=1S/C20H16ClN3O4S/c21-16(12-13-6-8-15(9-7-13)28-11-10-17(25)26)19-23-24-20(29-19)18(27)22-14-4-2-1-3-5-14/h1-9,12H,10-11H2,(H,22,27)(H,25,26)/b16-12+. The van der Waals surface area contributed by atoms with Gasteiger partial charge in [-0.25, -0.2) is 0 Å². The summed E-state index contributed by atoms with van der Waals surface area (Å²) in [6, 6.07) is 16.1. The Kier molecular flexibility index (Phi) is 6.94. The van der Waals surface area contributed by atoms with Gasteiger partial charge in [-0.3, -0.25) is 9.59 Å². The quantitative estimate of drug-likeness (QED) is 0.551. The molecule has 148 valence electrons. The first kappa shape index (κ1) is 20.5. The second-order valence-corrected chi connectivity index (χ2v) is 7.17. The zero-order chi connectivity index (χ0) is 20.6. The van der Waals surface area contributed by atoms with Crippen LogP contribution in [0.15, 0.2) is 54.6 Å². The van der Waals surface area contributed by atoms with Crippen LogP contribution in [0.4, 0.5) is 5.69 Å². The van der Waals surface area contributed by atoms with Crippen molar-refractivity contribution in [2.45, 2.75) is 6.42 Å². The number of carbonyl (C=O) groups is 2. The van der Waals surface area contributed by atoms with Gasteiger partial charge < -0.3 is 15.2 Å². The number of aliphatic carboxylic acids is 1. The van der Waals surface area contributed by atoms with Crippen LogP contribution in [-0.4, -0.2) is 33.8 Å². The van der Waals surface area contributed by atoms with Crippen LogP contribution in [0.2, 0.25) is 0 Å². The van der Waals surface area contributed by atoms with E-state index in [2.05, 4.69) is 15.5 Å². The highest BCUT2D eigenvalue weighted by atomic mass is 35.5. The number of amides is 1. The Morgan fingerprint density at radius 3 is 2.45 bits per heavy atom. The molecule has 2 aromatic carbocycles. The summed E-state index contributed by atoms with van der Waals surface area (Å²) in [6.45, 7) is 0.101. The van der Waals surface area contributed by atoms with E-state index in [-0.39, 0.29) is 23.9 Å². The largest absolute Gasteiger partial charge is 0.493 e. The minimum absolute atomic E-state index is 0.0648. The minimum atomic E-state index is -0.912. The van der Waals surface area contributed by atoms with E-state index in [0.717, 1.165) is 16.9 Å². The van der Waals surface area contributed by atoms with Crippen molar-refractivity contribution >= 4 is 51.6 Å². The van der Waals surface area contributed by atoms with Crippen LogP contribution in [0.1, 0.15) is 26.8 Å². The number of aromatic nitrogens is 2. The van der Waals surface area contributed by atoms with Gasteiger partial charge in [0.25, 0.3) is 5.91 Å². The second-order valence-electron chi connectivity index (χ2n) is 5.79.